The standard InChI is InChI=1S/C26H25N7O4.C2HF3O2/c27-12-17-3-1-16(2-4-17)11-22(30-25(36)19-7-5-18(6-8-19)24(28)29)26(37)32-10-9-21-20(13-32)14-33(31-21)15-23(34)35;3-2(4,5)1(6)7/h1-8,14,22H,9-11,13,15H2,(H3,28,29)(H,30,36)(H,34,35);(H,6,7)/t22-;/m0./s1. The number of amidine groups is 1. The van der Waals surface area contributed by atoms with Crippen molar-refractivity contribution in [2.75, 3.05) is 6.54 Å². The van der Waals surface area contributed by atoms with Crippen LogP contribution in [0.2, 0.25) is 0 Å². The number of rotatable bonds is 8. The maximum Gasteiger partial charge on any atom is 0.490 e. The molecule has 0 radical (unpaired) electrons. The van der Waals surface area contributed by atoms with Crippen molar-refractivity contribution < 1.29 is 42.6 Å². The van der Waals surface area contributed by atoms with Crippen LogP contribution in [0, 0.1) is 16.7 Å². The topological polar surface area (TPSA) is 215 Å². The monoisotopic (exact) mass is 613 g/mol. The highest BCUT2D eigenvalue weighted by molar-refractivity contribution is 5.99. The maximum atomic E-state index is 13.6. The van der Waals surface area contributed by atoms with Crippen molar-refractivity contribution in [1.82, 2.24) is 20.0 Å². The molecule has 1 aliphatic rings. The van der Waals surface area contributed by atoms with E-state index in [4.69, 9.17) is 31.4 Å². The Kier molecular flexibility index (Phi) is 10.4. The summed E-state index contributed by atoms with van der Waals surface area (Å²) in [6.07, 6.45) is -2.77. The van der Waals surface area contributed by atoms with Crippen molar-refractivity contribution in [3.63, 3.8) is 0 Å². The molecule has 4 rings (SSSR count). The van der Waals surface area contributed by atoms with Gasteiger partial charge in [0.25, 0.3) is 5.91 Å². The maximum absolute atomic E-state index is 13.6. The van der Waals surface area contributed by atoms with Crippen LogP contribution in [0.4, 0.5) is 13.2 Å². The van der Waals surface area contributed by atoms with Gasteiger partial charge >= 0.3 is 18.1 Å². The number of fused-ring (bicyclic) bond motifs is 1. The van der Waals surface area contributed by atoms with Crippen LogP contribution in [0.25, 0.3) is 0 Å². The van der Waals surface area contributed by atoms with Crippen molar-refractivity contribution in [3.8, 4) is 6.07 Å². The number of benzene rings is 2. The van der Waals surface area contributed by atoms with Crippen LogP contribution in [0.5, 0.6) is 0 Å². The summed E-state index contributed by atoms with van der Waals surface area (Å²) in [5.41, 5.74) is 9.07. The molecule has 1 atom stereocenters. The zero-order valence-electron chi connectivity index (χ0n) is 22.8. The lowest BCUT2D eigenvalue weighted by molar-refractivity contribution is -0.192. The predicted molar refractivity (Wildman–Crippen MR) is 146 cm³/mol. The summed E-state index contributed by atoms with van der Waals surface area (Å²) < 4.78 is 33.1. The van der Waals surface area contributed by atoms with Crippen molar-refractivity contribution in [1.29, 1.82) is 10.7 Å². The Bertz CT molecular complexity index is 1600. The summed E-state index contributed by atoms with van der Waals surface area (Å²) in [4.78, 5) is 48.2. The summed E-state index contributed by atoms with van der Waals surface area (Å²) in [5.74, 6) is -4.61. The van der Waals surface area contributed by atoms with Crippen LogP contribution >= 0.6 is 0 Å². The van der Waals surface area contributed by atoms with Gasteiger partial charge in [0, 0.05) is 48.8 Å². The van der Waals surface area contributed by atoms with Gasteiger partial charge in [0.2, 0.25) is 5.91 Å². The Morgan fingerprint density at radius 1 is 1.07 bits per heavy atom. The number of nitrogens with one attached hydrogen (secondary N) is 2. The highest BCUT2D eigenvalue weighted by atomic mass is 19.4. The molecule has 0 unspecified atom stereocenters. The van der Waals surface area contributed by atoms with Gasteiger partial charge in [-0.3, -0.25) is 24.5 Å². The van der Waals surface area contributed by atoms with Crippen LogP contribution in [0.3, 0.4) is 0 Å². The molecule has 0 fully saturated rings. The summed E-state index contributed by atoms with van der Waals surface area (Å²) in [6, 6.07) is 14.2. The number of halogens is 3. The number of nitrogen functional groups attached to an aromatic ring is 1. The number of amides is 2. The third-order valence-corrected chi connectivity index (χ3v) is 6.34. The Hall–Kier alpha value is -5.72. The number of carbonyl (C=O) groups is 4. The van der Waals surface area contributed by atoms with E-state index in [0.29, 0.717) is 29.7 Å². The van der Waals surface area contributed by atoms with E-state index in [2.05, 4.69) is 16.5 Å². The highest BCUT2D eigenvalue weighted by Gasteiger charge is 2.38. The fraction of sp³-hybridized carbons (Fsp3) is 0.250. The van der Waals surface area contributed by atoms with E-state index in [1.165, 1.54) is 4.68 Å². The molecular formula is C28H26F3N7O6. The summed E-state index contributed by atoms with van der Waals surface area (Å²) >= 11 is 0. The fourth-order valence-corrected chi connectivity index (χ4v) is 4.19. The van der Waals surface area contributed by atoms with Gasteiger partial charge in [-0.1, -0.05) is 24.3 Å². The van der Waals surface area contributed by atoms with Gasteiger partial charge in [-0.25, -0.2) is 4.79 Å². The third kappa shape index (κ3) is 8.89. The smallest absolute Gasteiger partial charge is 0.480 e. The normalized spacial score (nSPS) is 12.9. The van der Waals surface area contributed by atoms with Gasteiger partial charge in [-0.2, -0.15) is 23.5 Å². The number of aliphatic carboxylic acids is 2. The number of hydrogen-bond acceptors (Lipinski definition) is 7. The van der Waals surface area contributed by atoms with E-state index >= 15 is 0 Å². The molecule has 3 aromatic rings. The van der Waals surface area contributed by atoms with E-state index in [-0.39, 0.29) is 31.3 Å². The first kappa shape index (κ1) is 32.8. The van der Waals surface area contributed by atoms with Gasteiger partial charge in [0.1, 0.15) is 18.4 Å². The predicted octanol–water partition coefficient (Wildman–Crippen LogP) is 1.68. The lowest BCUT2D eigenvalue weighted by Crippen LogP contribution is -2.50. The molecule has 44 heavy (non-hydrogen) atoms. The van der Waals surface area contributed by atoms with E-state index in [1.54, 1.807) is 59.6 Å². The van der Waals surface area contributed by atoms with E-state index in [1.807, 2.05) is 0 Å². The lowest BCUT2D eigenvalue weighted by atomic mass is 10.0. The van der Waals surface area contributed by atoms with Gasteiger partial charge in [-0.15, -0.1) is 0 Å². The molecule has 0 bridgehead atoms. The number of carboxylic acids is 2. The lowest BCUT2D eigenvalue weighted by Gasteiger charge is -2.30. The average molecular weight is 614 g/mol. The second kappa shape index (κ2) is 14.0. The van der Waals surface area contributed by atoms with Crippen molar-refractivity contribution in [3.05, 3.63) is 88.2 Å². The number of alkyl halides is 3. The number of nitrogens with two attached hydrogens (primary N) is 1. The SMILES string of the molecule is N#Cc1ccc(C[C@H](NC(=O)c2ccc(C(=N)N)cc2)C(=O)N2CCc3nn(CC(=O)O)cc3C2)cc1.O=C(O)C(F)(F)F. The quantitative estimate of drug-likeness (QED) is 0.184. The van der Waals surface area contributed by atoms with Gasteiger partial charge in [0.05, 0.1) is 17.3 Å². The van der Waals surface area contributed by atoms with Crippen LogP contribution in [-0.2, 0) is 40.3 Å². The van der Waals surface area contributed by atoms with Gasteiger partial charge in [-0.05, 0) is 29.8 Å². The summed E-state index contributed by atoms with van der Waals surface area (Å²) in [7, 11) is 0. The van der Waals surface area contributed by atoms with Crippen LogP contribution in [0.15, 0.2) is 54.7 Å². The zero-order chi connectivity index (χ0) is 32.6. The van der Waals surface area contributed by atoms with E-state index in [9.17, 15) is 27.6 Å². The molecule has 230 valence electrons. The molecule has 2 heterocycles. The highest BCUT2D eigenvalue weighted by Crippen LogP contribution is 2.20. The third-order valence-electron chi connectivity index (χ3n) is 6.34. The molecule has 1 aromatic heterocycles. The molecule has 13 nitrogen and oxygen atoms in total. The Morgan fingerprint density at radius 3 is 2.18 bits per heavy atom. The molecule has 2 amide bonds. The van der Waals surface area contributed by atoms with Gasteiger partial charge in [0.15, 0.2) is 0 Å². The van der Waals surface area contributed by atoms with E-state index in [0.717, 1.165) is 16.8 Å². The van der Waals surface area contributed by atoms with Crippen molar-refractivity contribution >= 4 is 29.6 Å². The van der Waals surface area contributed by atoms with Crippen LogP contribution in [-0.4, -0.2) is 73.2 Å². The minimum atomic E-state index is -5.08. The number of carboxylic acid groups (broad SMARTS) is 2. The Balaban J connectivity index is 0.000000676. The zero-order valence-corrected chi connectivity index (χ0v) is 22.8. The number of aromatic nitrogens is 2. The first-order chi connectivity index (χ1) is 20.7. The van der Waals surface area contributed by atoms with Crippen LogP contribution in [0.1, 0.15) is 38.3 Å². The number of hydrogen-bond donors (Lipinski definition) is 5. The number of carbonyl (C=O) groups excluding carboxylic acids is 2. The molecule has 0 saturated carbocycles. The first-order valence-corrected chi connectivity index (χ1v) is 12.8. The molecule has 0 spiro atoms. The van der Waals surface area contributed by atoms with E-state index < -0.39 is 30.1 Å². The molecule has 6 N–H and O–H groups in total. The second-order valence-electron chi connectivity index (χ2n) is 9.53. The molecule has 0 aliphatic carbocycles. The molecule has 2 aromatic carbocycles. The molecule has 0 saturated heterocycles. The number of nitrogens with zero attached hydrogens (tertiary/aromatic N) is 4. The second-order valence-corrected chi connectivity index (χ2v) is 9.53. The molecular weight excluding hydrogens is 587 g/mol. The summed E-state index contributed by atoms with van der Waals surface area (Å²) in [5, 5.41) is 39.9. The van der Waals surface area contributed by atoms with Gasteiger partial charge < -0.3 is 26.2 Å². The van der Waals surface area contributed by atoms with Crippen LogP contribution < -0.4 is 11.1 Å². The summed E-state index contributed by atoms with van der Waals surface area (Å²) in [6.45, 7) is 0.366. The fourth-order valence-electron chi connectivity index (χ4n) is 4.19. The average Bonchev–Trinajstić information content (AvgIpc) is 3.37. The first-order valence-electron chi connectivity index (χ1n) is 12.8. The minimum absolute atomic E-state index is 0.114. The minimum Gasteiger partial charge on any atom is -0.480 e. The van der Waals surface area contributed by atoms with Crippen molar-refractivity contribution in [2.24, 2.45) is 5.73 Å². The largest absolute Gasteiger partial charge is 0.490 e. The molecule has 16 heteroatoms. The van der Waals surface area contributed by atoms with Crippen molar-refractivity contribution in [2.45, 2.75) is 38.1 Å². The Labute approximate surface area is 247 Å². The molecule has 1 aliphatic heterocycles. The Morgan fingerprint density at radius 2 is 1.66 bits per heavy atom. The number of nitriles is 1.